The summed E-state index contributed by atoms with van der Waals surface area (Å²) in [4.78, 5) is 0. The number of ether oxygens (including phenoxy) is 1. The first-order valence-electron chi connectivity index (χ1n) is 4.62. The van der Waals surface area contributed by atoms with Crippen LogP contribution in [0, 0.1) is 0 Å². The van der Waals surface area contributed by atoms with Gasteiger partial charge in [-0.25, -0.2) is 0 Å². The van der Waals surface area contributed by atoms with E-state index in [0.29, 0.717) is 5.75 Å². The molecule has 0 spiro atoms. The average molecular weight is 180 g/mol. The number of hydrogen-bond acceptors (Lipinski definition) is 2. The number of aromatic hydroxyl groups is 1. The summed E-state index contributed by atoms with van der Waals surface area (Å²) >= 11 is 0. The molecule has 0 heterocycles. The molecule has 0 unspecified atom stereocenters. The first kappa shape index (κ1) is 9.90. The minimum Gasteiger partial charge on any atom is -0.508 e. The Hall–Kier alpha value is -1.18. The van der Waals surface area contributed by atoms with E-state index in [-0.39, 0.29) is 0 Å². The van der Waals surface area contributed by atoms with Crippen LogP contribution in [0.1, 0.15) is 25.0 Å². The van der Waals surface area contributed by atoms with Gasteiger partial charge in [0.15, 0.2) is 0 Å². The maximum absolute atomic E-state index is 9.59. The molecule has 1 aromatic rings. The minimum atomic E-state index is 0.375. The summed E-state index contributed by atoms with van der Waals surface area (Å²) in [6, 6.07) is 3.50. The Kier molecular flexibility index (Phi) is 3.18. The second-order valence-corrected chi connectivity index (χ2v) is 2.95. The fraction of sp³-hybridized carbons (Fsp3) is 0.455. The lowest BCUT2D eigenvalue weighted by Gasteiger charge is -2.12. The van der Waals surface area contributed by atoms with Crippen LogP contribution in [0.3, 0.4) is 0 Å². The van der Waals surface area contributed by atoms with Gasteiger partial charge in [-0.15, -0.1) is 0 Å². The molecule has 0 fully saturated rings. The van der Waals surface area contributed by atoms with Gasteiger partial charge in [0.2, 0.25) is 0 Å². The molecule has 72 valence electrons. The fourth-order valence-electron chi connectivity index (χ4n) is 1.63. The molecule has 13 heavy (non-hydrogen) atoms. The molecule has 0 saturated carbocycles. The standard InChI is InChI=1S/C11H16O2/c1-4-8-9(5-2)11(13-3)7-6-10(8)12/h6-7,12H,4-5H2,1-3H3. The number of methoxy groups -OCH3 is 1. The predicted octanol–water partition coefficient (Wildman–Crippen LogP) is 2.53. The van der Waals surface area contributed by atoms with Crippen molar-refractivity contribution in [2.24, 2.45) is 0 Å². The molecule has 0 atom stereocenters. The van der Waals surface area contributed by atoms with Gasteiger partial charge in [0.1, 0.15) is 11.5 Å². The number of phenols is 1. The van der Waals surface area contributed by atoms with Gasteiger partial charge in [-0.2, -0.15) is 0 Å². The van der Waals surface area contributed by atoms with E-state index in [0.717, 1.165) is 29.7 Å². The molecule has 0 saturated heterocycles. The topological polar surface area (TPSA) is 29.5 Å². The van der Waals surface area contributed by atoms with E-state index in [1.807, 2.05) is 13.0 Å². The Labute approximate surface area is 79.2 Å². The number of hydrogen-bond donors (Lipinski definition) is 1. The second kappa shape index (κ2) is 4.17. The zero-order chi connectivity index (χ0) is 9.84. The normalized spacial score (nSPS) is 10.1. The van der Waals surface area contributed by atoms with Crippen LogP contribution in [0.25, 0.3) is 0 Å². The third kappa shape index (κ3) is 1.77. The molecule has 2 nitrogen and oxygen atoms in total. The third-order valence-electron chi connectivity index (χ3n) is 2.29. The summed E-state index contributed by atoms with van der Waals surface area (Å²) in [6.07, 6.45) is 1.73. The van der Waals surface area contributed by atoms with Crippen molar-refractivity contribution in [3.63, 3.8) is 0 Å². The number of benzene rings is 1. The maximum atomic E-state index is 9.59. The molecular formula is C11H16O2. The van der Waals surface area contributed by atoms with E-state index in [4.69, 9.17) is 4.74 Å². The quantitative estimate of drug-likeness (QED) is 0.774. The molecule has 0 radical (unpaired) electrons. The molecule has 1 N–H and O–H groups in total. The fourth-order valence-corrected chi connectivity index (χ4v) is 1.63. The Morgan fingerprint density at radius 2 is 1.77 bits per heavy atom. The molecule has 0 aliphatic carbocycles. The number of rotatable bonds is 3. The van der Waals surface area contributed by atoms with Gasteiger partial charge < -0.3 is 9.84 Å². The van der Waals surface area contributed by atoms with Gasteiger partial charge in [0.05, 0.1) is 7.11 Å². The molecule has 2 heteroatoms. The highest BCUT2D eigenvalue weighted by Gasteiger charge is 2.09. The lowest BCUT2D eigenvalue weighted by Crippen LogP contribution is -1.96. The molecule has 0 aromatic heterocycles. The number of phenolic OH excluding ortho intramolecular Hbond substituents is 1. The van der Waals surface area contributed by atoms with Crippen molar-refractivity contribution in [3.8, 4) is 11.5 Å². The minimum absolute atomic E-state index is 0.375. The lowest BCUT2D eigenvalue weighted by molar-refractivity contribution is 0.405. The van der Waals surface area contributed by atoms with Crippen LogP contribution in [0.2, 0.25) is 0 Å². The van der Waals surface area contributed by atoms with Gasteiger partial charge >= 0.3 is 0 Å². The van der Waals surface area contributed by atoms with Crippen LogP contribution < -0.4 is 4.74 Å². The van der Waals surface area contributed by atoms with E-state index in [9.17, 15) is 5.11 Å². The predicted molar refractivity (Wildman–Crippen MR) is 53.4 cm³/mol. The van der Waals surface area contributed by atoms with Crippen molar-refractivity contribution < 1.29 is 9.84 Å². The molecule has 0 bridgehead atoms. The molecule has 1 rings (SSSR count). The monoisotopic (exact) mass is 180 g/mol. The maximum Gasteiger partial charge on any atom is 0.122 e. The van der Waals surface area contributed by atoms with Gasteiger partial charge in [0.25, 0.3) is 0 Å². The highest BCUT2D eigenvalue weighted by atomic mass is 16.5. The van der Waals surface area contributed by atoms with Crippen molar-refractivity contribution in [1.82, 2.24) is 0 Å². The first-order chi connectivity index (χ1) is 6.24. The second-order valence-electron chi connectivity index (χ2n) is 2.95. The van der Waals surface area contributed by atoms with E-state index < -0.39 is 0 Å². The lowest BCUT2D eigenvalue weighted by atomic mass is 10.0. The summed E-state index contributed by atoms with van der Waals surface area (Å²) in [6.45, 7) is 4.10. The van der Waals surface area contributed by atoms with E-state index in [1.165, 1.54) is 0 Å². The van der Waals surface area contributed by atoms with Crippen LogP contribution in [-0.4, -0.2) is 12.2 Å². The average Bonchev–Trinajstić information content (AvgIpc) is 2.17. The highest BCUT2D eigenvalue weighted by Crippen LogP contribution is 2.30. The van der Waals surface area contributed by atoms with Crippen molar-refractivity contribution in [1.29, 1.82) is 0 Å². The molecule has 1 aromatic carbocycles. The van der Waals surface area contributed by atoms with Crippen LogP contribution in [0.5, 0.6) is 11.5 Å². The largest absolute Gasteiger partial charge is 0.508 e. The van der Waals surface area contributed by atoms with Gasteiger partial charge in [-0.1, -0.05) is 13.8 Å². The van der Waals surface area contributed by atoms with Crippen molar-refractivity contribution in [2.45, 2.75) is 26.7 Å². The summed E-state index contributed by atoms with van der Waals surface area (Å²) in [5.74, 6) is 1.25. The molecular weight excluding hydrogens is 164 g/mol. The Balaban J connectivity index is 3.27. The van der Waals surface area contributed by atoms with Crippen LogP contribution in [0.4, 0.5) is 0 Å². The van der Waals surface area contributed by atoms with Gasteiger partial charge in [0, 0.05) is 11.1 Å². The summed E-state index contributed by atoms with van der Waals surface area (Å²) in [5.41, 5.74) is 2.12. The van der Waals surface area contributed by atoms with Crippen molar-refractivity contribution in [2.75, 3.05) is 7.11 Å². The summed E-state index contributed by atoms with van der Waals surface area (Å²) in [7, 11) is 1.66. The molecule has 0 aliphatic heterocycles. The van der Waals surface area contributed by atoms with Crippen molar-refractivity contribution in [3.05, 3.63) is 23.3 Å². The third-order valence-corrected chi connectivity index (χ3v) is 2.29. The smallest absolute Gasteiger partial charge is 0.122 e. The zero-order valence-electron chi connectivity index (χ0n) is 8.42. The first-order valence-corrected chi connectivity index (χ1v) is 4.62. The summed E-state index contributed by atoms with van der Waals surface area (Å²) < 4.78 is 5.22. The summed E-state index contributed by atoms with van der Waals surface area (Å²) in [5, 5.41) is 9.59. The highest BCUT2D eigenvalue weighted by molar-refractivity contribution is 5.48. The van der Waals surface area contributed by atoms with E-state index in [2.05, 4.69) is 6.92 Å². The molecule has 0 aliphatic rings. The van der Waals surface area contributed by atoms with E-state index >= 15 is 0 Å². The Bertz CT molecular complexity index is 292. The Morgan fingerprint density at radius 3 is 2.23 bits per heavy atom. The van der Waals surface area contributed by atoms with Crippen LogP contribution in [-0.2, 0) is 12.8 Å². The zero-order valence-corrected chi connectivity index (χ0v) is 8.42. The van der Waals surface area contributed by atoms with Crippen molar-refractivity contribution >= 4 is 0 Å². The van der Waals surface area contributed by atoms with Gasteiger partial charge in [-0.05, 0) is 25.0 Å². The van der Waals surface area contributed by atoms with E-state index in [1.54, 1.807) is 13.2 Å². The van der Waals surface area contributed by atoms with Crippen LogP contribution >= 0.6 is 0 Å². The SMILES string of the molecule is CCc1c(O)ccc(OC)c1CC. The molecule has 0 amide bonds. The van der Waals surface area contributed by atoms with Gasteiger partial charge in [-0.3, -0.25) is 0 Å². The Morgan fingerprint density at radius 1 is 1.15 bits per heavy atom. The van der Waals surface area contributed by atoms with Crippen LogP contribution in [0.15, 0.2) is 12.1 Å².